The Hall–Kier alpha value is -1.36. The predicted octanol–water partition coefficient (Wildman–Crippen LogP) is 1.75. The summed E-state index contributed by atoms with van der Waals surface area (Å²) in [7, 11) is 0. The summed E-state index contributed by atoms with van der Waals surface area (Å²) >= 11 is 1.15. The summed E-state index contributed by atoms with van der Waals surface area (Å²) in [5.74, 6) is -0.946. The lowest BCUT2D eigenvalue weighted by Crippen LogP contribution is -2.04. The van der Waals surface area contributed by atoms with Crippen LogP contribution in [0.25, 0.3) is 0 Å². The fourth-order valence-electron chi connectivity index (χ4n) is 0.907. The molecule has 0 amide bonds. The third-order valence-corrected chi connectivity index (χ3v) is 2.38. The van der Waals surface area contributed by atoms with E-state index in [2.05, 4.69) is 16.3 Å². The van der Waals surface area contributed by atoms with E-state index in [0.29, 0.717) is 17.2 Å². The van der Waals surface area contributed by atoms with Crippen molar-refractivity contribution in [2.45, 2.75) is 6.92 Å². The first-order valence-electron chi connectivity index (χ1n) is 3.71. The number of carboxylic acid groups (broad SMARTS) is 1. The Balaban J connectivity index is 2.93. The Morgan fingerprint density at radius 3 is 3.08 bits per heavy atom. The van der Waals surface area contributed by atoms with Crippen LogP contribution in [-0.2, 0) is 0 Å². The average Bonchev–Trinajstić information content (AvgIpc) is 2.43. The smallest absolute Gasteiger partial charge is 0.340 e. The average molecular weight is 198 g/mol. The monoisotopic (exact) mass is 198 g/mol. The van der Waals surface area contributed by atoms with Gasteiger partial charge in [0, 0.05) is 6.54 Å². The van der Waals surface area contributed by atoms with Crippen LogP contribution < -0.4 is 5.32 Å². The molecule has 0 radical (unpaired) electrons. The highest BCUT2D eigenvalue weighted by Crippen LogP contribution is 2.23. The van der Waals surface area contributed by atoms with Gasteiger partial charge in [-0.3, -0.25) is 0 Å². The van der Waals surface area contributed by atoms with E-state index in [1.807, 2.05) is 0 Å². The van der Waals surface area contributed by atoms with Gasteiger partial charge in [0.05, 0.1) is 5.69 Å². The maximum Gasteiger partial charge on any atom is 0.340 e. The minimum Gasteiger partial charge on any atom is -0.478 e. The Morgan fingerprint density at radius 2 is 2.54 bits per heavy atom. The standard InChI is InChI=1S/C8H10N2O2S/c1-3-4-9-7-6(8(11)12)5(2)10-13-7/h3,9H,1,4H2,2H3,(H,11,12). The fourth-order valence-corrected chi connectivity index (χ4v) is 1.70. The Kier molecular flexibility index (Phi) is 3.02. The summed E-state index contributed by atoms with van der Waals surface area (Å²) in [5, 5.41) is 12.3. The second-order valence-electron chi connectivity index (χ2n) is 2.45. The van der Waals surface area contributed by atoms with Crippen molar-refractivity contribution in [2.24, 2.45) is 0 Å². The lowest BCUT2D eigenvalue weighted by Gasteiger charge is -1.99. The normalized spacial score (nSPS) is 9.62. The summed E-state index contributed by atoms with van der Waals surface area (Å²) in [6.45, 7) is 5.75. The Labute approximate surface area is 80.1 Å². The zero-order valence-electron chi connectivity index (χ0n) is 7.20. The number of hydrogen-bond donors (Lipinski definition) is 2. The molecule has 1 aromatic rings. The van der Waals surface area contributed by atoms with Gasteiger partial charge in [0.1, 0.15) is 10.6 Å². The van der Waals surface area contributed by atoms with Crippen LogP contribution in [0.2, 0.25) is 0 Å². The minimum atomic E-state index is -0.946. The van der Waals surface area contributed by atoms with Gasteiger partial charge in [-0.25, -0.2) is 4.79 Å². The third-order valence-electron chi connectivity index (χ3n) is 1.48. The molecule has 0 aliphatic heterocycles. The van der Waals surface area contributed by atoms with E-state index < -0.39 is 5.97 Å². The van der Waals surface area contributed by atoms with Gasteiger partial charge >= 0.3 is 5.97 Å². The Bertz CT molecular complexity index is 333. The summed E-state index contributed by atoms with van der Waals surface area (Å²) in [4.78, 5) is 10.8. The number of anilines is 1. The van der Waals surface area contributed by atoms with E-state index in [9.17, 15) is 4.79 Å². The summed E-state index contributed by atoms with van der Waals surface area (Å²) in [5.41, 5.74) is 0.802. The second-order valence-corrected chi connectivity index (χ2v) is 3.22. The van der Waals surface area contributed by atoms with Gasteiger partial charge in [0.25, 0.3) is 0 Å². The molecule has 0 fully saturated rings. The molecular weight excluding hydrogens is 188 g/mol. The molecule has 0 aliphatic carbocycles. The molecular formula is C8H10N2O2S. The van der Waals surface area contributed by atoms with Gasteiger partial charge in [0.2, 0.25) is 0 Å². The molecule has 4 nitrogen and oxygen atoms in total. The first-order chi connectivity index (χ1) is 6.16. The predicted molar refractivity (Wildman–Crippen MR) is 52.5 cm³/mol. The number of aryl methyl sites for hydroxylation is 1. The number of nitrogens with zero attached hydrogens (tertiary/aromatic N) is 1. The molecule has 2 N–H and O–H groups in total. The quantitative estimate of drug-likeness (QED) is 0.723. The van der Waals surface area contributed by atoms with Crippen molar-refractivity contribution >= 4 is 22.5 Å². The van der Waals surface area contributed by atoms with Gasteiger partial charge in [-0.05, 0) is 18.5 Å². The lowest BCUT2D eigenvalue weighted by atomic mass is 10.2. The first kappa shape index (κ1) is 9.73. The van der Waals surface area contributed by atoms with Crippen molar-refractivity contribution in [1.82, 2.24) is 4.37 Å². The molecule has 5 heteroatoms. The maximum absolute atomic E-state index is 10.8. The number of nitrogens with one attached hydrogen (secondary N) is 1. The topological polar surface area (TPSA) is 62.2 Å². The van der Waals surface area contributed by atoms with Crippen molar-refractivity contribution in [1.29, 1.82) is 0 Å². The summed E-state index contributed by atoms with van der Waals surface area (Å²) in [6.07, 6.45) is 1.67. The van der Waals surface area contributed by atoms with Crippen LogP contribution >= 0.6 is 11.5 Å². The number of hydrogen-bond acceptors (Lipinski definition) is 4. The van der Waals surface area contributed by atoms with E-state index in [-0.39, 0.29) is 5.56 Å². The number of rotatable bonds is 4. The third kappa shape index (κ3) is 2.06. The molecule has 0 aromatic carbocycles. The van der Waals surface area contributed by atoms with E-state index >= 15 is 0 Å². The van der Waals surface area contributed by atoms with Gasteiger partial charge in [-0.2, -0.15) is 4.37 Å². The first-order valence-corrected chi connectivity index (χ1v) is 4.48. The van der Waals surface area contributed by atoms with Gasteiger partial charge in [-0.1, -0.05) is 6.08 Å². The van der Waals surface area contributed by atoms with Crippen LogP contribution in [0, 0.1) is 6.92 Å². The molecule has 0 spiro atoms. The van der Waals surface area contributed by atoms with Gasteiger partial charge in [0.15, 0.2) is 0 Å². The van der Waals surface area contributed by atoms with E-state index in [0.717, 1.165) is 11.5 Å². The molecule has 0 unspecified atom stereocenters. The van der Waals surface area contributed by atoms with Crippen LogP contribution in [-0.4, -0.2) is 22.0 Å². The van der Waals surface area contributed by atoms with Crippen LogP contribution in [0.3, 0.4) is 0 Å². The van der Waals surface area contributed by atoms with Crippen molar-refractivity contribution < 1.29 is 9.90 Å². The van der Waals surface area contributed by atoms with Crippen molar-refractivity contribution in [2.75, 3.05) is 11.9 Å². The van der Waals surface area contributed by atoms with Gasteiger partial charge in [-0.15, -0.1) is 6.58 Å². The largest absolute Gasteiger partial charge is 0.478 e. The summed E-state index contributed by atoms with van der Waals surface area (Å²) in [6, 6.07) is 0. The Morgan fingerprint density at radius 1 is 1.85 bits per heavy atom. The molecule has 0 bridgehead atoms. The second kappa shape index (κ2) is 4.04. The van der Waals surface area contributed by atoms with E-state index in [1.54, 1.807) is 13.0 Å². The molecule has 0 saturated heterocycles. The highest BCUT2D eigenvalue weighted by Gasteiger charge is 2.16. The maximum atomic E-state index is 10.8. The van der Waals surface area contributed by atoms with Crippen molar-refractivity contribution in [3.63, 3.8) is 0 Å². The molecule has 1 rings (SSSR count). The van der Waals surface area contributed by atoms with E-state index in [4.69, 9.17) is 5.11 Å². The molecule has 1 heterocycles. The number of aromatic carboxylic acids is 1. The molecule has 1 aromatic heterocycles. The van der Waals surface area contributed by atoms with Crippen LogP contribution in [0.5, 0.6) is 0 Å². The zero-order valence-corrected chi connectivity index (χ0v) is 8.02. The fraction of sp³-hybridized carbons (Fsp3) is 0.250. The number of carboxylic acids is 1. The molecule has 0 aliphatic rings. The van der Waals surface area contributed by atoms with Crippen LogP contribution in [0.1, 0.15) is 16.1 Å². The molecule has 0 saturated carbocycles. The van der Waals surface area contributed by atoms with E-state index in [1.165, 1.54) is 0 Å². The molecule has 70 valence electrons. The van der Waals surface area contributed by atoms with Crippen LogP contribution in [0.4, 0.5) is 5.00 Å². The van der Waals surface area contributed by atoms with Gasteiger partial charge < -0.3 is 10.4 Å². The van der Waals surface area contributed by atoms with Crippen LogP contribution in [0.15, 0.2) is 12.7 Å². The number of aromatic nitrogens is 1. The minimum absolute atomic E-state index is 0.256. The number of carbonyl (C=O) groups is 1. The van der Waals surface area contributed by atoms with Crippen molar-refractivity contribution in [3.8, 4) is 0 Å². The lowest BCUT2D eigenvalue weighted by molar-refractivity contribution is 0.0697. The molecule has 0 atom stereocenters. The highest BCUT2D eigenvalue weighted by atomic mass is 32.1. The SMILES string of the molecule is C=CCNc1snc(C)c1C(=O)O. The highest BCUT2D eigenvalue weighted by molar-refractivity contribution is 7.10. The van der Waals surface area contributed by atoms with Crippen molar-refractivity contribution in [3.05, 3.63) is 23.9 Å². The summed E-state index contributed by atoms with van der Waals surface area (Å²) < 4.78 is 3.95. The zero-order chi connectivity index (χ0) is 9.84. The molecule has 13 heavy (non-hydrogen) atoms.